The summed E-state index contributed by atoms with van der Waals surface area (Å²) in [6.07, 6.45) is 1.31. The van der Waals surface area contributed by atoms with Gasteiger partial charge in [-0.1, -0.05) is 13.2 Å². The Morgan fingerprint density at radius 3 is 1.32 bits per heavy atom. The van der Waals surface area contributed by atoms with Crippen LogP contribution in [0.25, 0.3) is 0 Å². The number of esters is 2. The molecule has 0 spiro atoms. The van der Waals surface area contributed by atoms with Crippen molar-refractivity contribution in [2.45, 2.75) is 26.7 Å². The Morgan fingerprint density at radius 1 is 0.842 bits per heavy atom. The molecule has 19 heavy (non-hydrogen) atoms. The van der Waals surface area contributed by atoms with Crippen LogP contribution in [-0.4, -0.2) is 59.2 Å². The normalized spacial score (nSPS) is 7.89. The van der Waals surface area contributed by atoms with Crippen LogP contribution in [0.5, 0.6) is 0 Å². The molecule has 0 aliphatic rings. The van der Waals surface area contributed by atoms with Crippen LogP contribution in [0.3, 0.4) is 0 Å². The van der Waals surface area contributed by atoms with Crippen LogP contribution < -0.4 is 0 Å². The molecule has 2 N–H and O–H groups in total. The fourth-order valence-corrected chi connectivity index (χ4v) is 0.780. The van der Waals surface area contributed by atoms with E-state index in [1.807, 2.05) is 0 Å². The molecule has 0 rings (SSSR count). The smallest absolute Gasteiger partial charge is 0.870 e. The van der Waals surface area contributed by atoms with Crippen LogP contribution in [0.2, 0.25) is 0 Å². The average Bonchev–Trinajstić information content (AvgIpc) is 2.21. The Bertz CT molecular complexity index is 271. The fraction of sp³-hybridized carbons (Fsp3) is 0.500. The maximum Gasteiger partial charge on any atom is 2.00 e. The molecule has 7 heteroatoms. The third-order valence-corrected chi connectivity index (χ3v) is 1.70. The molecule has 0 saturated carbocycles. The number of unbranched alkanes of at least 4 members (excludes halogenated alkanes) is 1. The van der Waals surface area contributed by atoms with Crippen molar-refractivity contribution in [1.82, 2.24) is 0 Å². The van der Waals surface area contributed by atoms with Gasteiger partial charge in [0.15, 0.2) is 0 Å². The summed E-state index contributed by atoms with van der Waals surface area (Å²) in [5.74, 6) is -0.780. The van der Waals surface area contributed by atoms with Gasteiger partial charge in [-0.05, 0) is 26.7 Å². The summed E-state index contributed by atoms with van der Waals surface area (Å²) in [5.41, 5.74) is 0.766. The monoisotopic (exact) mass is 284 g/mol. The van der Waals surface area contributed by atoms with Crippen LogP contribution in [0.1, 0.15) is 26.7 Å². The summed E-state index contributed by atoms with van der Waals surface area (Å²) in [6.45, 7) is 10.7. The predicted octanol–water partition coefficient (Wildman–Crippen LogP) is 1.27. The van der Waals surface area contributed by atoms with Gasteiger partial charge in [-0.2, -0.15) is 0 Å². The van der Waals surface area contributed by atoms with Crippen molar-refractivity contribution in [3.8, 4) is 0 Å². The van der Waals surface area contributed by atoms with Crippen molar-refractivity contribution in [3.05, 3.63) is 24.3 Å². The van der Waals surface area contributed by atoms with Gasteiger partial charge in [-0.15, -0.1) is 0 Å². The van der Waals surface area contributed by atoms with E-state index in [9.17, 15) is 9.59 Å². The summed E-state index contributed by atoms with van der Waals surface area (Å²) in [5, 5.41) is 0. The molecule has 106 valence electrons. The Labute approximate surface area is 129 Å². The molecule has 0 saturated heterocycles. The number of rotatable bonds is 7. The molecular weight excluding hydrogens is 264 g/mol. The van der Waals surface area contributed by atoms with E-state index in [0.29, 0.717) is 37.2 Å². The van der Waals surface area contributed by atoms with E-state index in [1.54, 1.807) is 13.8 Å². The summed E-state index contributed by atoms with van der Waals surface area (Å²) < 4.78 is 9.72. The fourth-order valence-electron chi connectivity index (χ4n) is 0.780. The Hall–Kier alpha value is -0.894. The predicted molar refractivity (Wildman–Crippen MR) is 70.4 cm³/mol. The van der Waals surface area contributed by atoms with Crippen LogP contribution in [0.4, 0.5) is 0 Å². The molecule has 0 aromatic rings. The number of ether oxygens (including phenoxy) is 2. The van der Waals surface area contributed by atoms with Crippen LogP contribution in [-0.2, 0) is 19.1 Å². The zero-order valence-electron chi connectivity index (χ0n) is 11.5. The molecule has 0 amide bonds. The van der Waals surface area contributed by atoms with Crippen molar-refractivity contribution < 1.29 is 30.0 Å². The summed E-state index contributed by atoms with van der Waals surface area (Å²) in [6, 6.07) is 0. The second kappa shape index (κ2) is 15.2. The van der Waals surface area contributed by atoms with Gasteiger partial charge in [0.2, 0.25) is 0 Å². The van der Waals surface area contributed by atoms with Gasteiger partial charge in [0.05, 0.1) is 13.2 Å². The van der Waals surface area contributed by atoms with Crippen molar-refractivity contribution in [1.29, 1.82) is 0 Å². The van der Waals surface area contributed by atoms with Gasteiger partial charge >= 0.3 is 35.0 Å². The van der Waals surface area contributed by atoms with Crippen molar-refractivity contribution in [2.75, 3.05) is 13.2 Å². The van der Waals surface area contributed by atoms with E-state index in [2.05, 4.69) is 13.2 Å². The van der Waals surface area contributed by atoms with Gasteiger partial charge in [0.25, 0.3) is 0 Å². The molecule has 0 atom stereocenters. The molecule has 0 fully saturated rings. The van der Waals surface area contributed by atoms with E-state index < -0.39 is 0 Å². The zero-order valence-corrected chi connectivity index (χ0v) is 12.9. The van der Waals surface area contributed by atoms with Crippen LogP contribution in [0.15, 0.2) is 24.3 Å². The summed E-state index contributed by atoms with van der Waals surface area (Å²) in [4.78, 5) is 21.9. The zero-order chi connectivity index (χ0) is 12.6. The number of carbonyl (C=O) groups excluding carboxylic acids is 2. The minimum absolute atomic E-state index is 0. The Balaban J connectivity index is -0.000000375. The van der Waals surface area contributed by atoms with E-state index in [1.165, 1.54) is 0 Å². The molecule has 0 unspecified atom stereocenters. The first kappa shape index (κ1) is 26.6. The van der Waals surface area contributed by atoms with E-state index >= 15 is 0 Å². The van der Waals surface area contributed by atoms with E-state index in [-0.39, 0.29) is 45.9 Å². The Morgan fingerprint density at radius 2 is 1.11 bits per heavy atom. The molecule has 6 nitrogen and oxygen atoms in total. The molecule has 0 aromatic carbocycles. The number of carbonyl (C=O) groups is 2. The maximum atomic E-state index is 11.0. The van der Waals surface area contributed by atoms with Gasteiger partial charge < -0.3 is 20.4 Å². The molecule has 0 bridgehead atoms. The molecular formula is C12H20MgO6. The van der Waals surface area contributed by atoms with Gasteiger partial charge in [-0.25, -0.2) is 9.59 Å². The molecule has 0 heterocycles. The van der Waals surface area contributed by atoms with Gasteiger partial charge in [-0.3, -0.25) is 0 Å². The third kappa shape index (κ3) is 15.0. The van der Waals surface area contributed by atoms with E-state index in [0.717, 1.165) is 0 Å². The second-order valence-electron chi connectivity index (χ2n) is 3.54. The first-order chi connectivity index (χ1) is 7.45. The standard InChI is InChI=1S/C12H18O4.Mg.2H2O/c1-9(2)11(13)15-7-5-6-8-16-12(14)10(3)4;;;/h1,3,5-8H2,2,4H3;;2*1H2/q;+2;;/p-2. The van der Waals surface area contributed by atoms with Crippen LogP contribution >= 0.6 is 0 Å². The maximum absolute atomic E-state index is 11.0. The van der Waals surface area contributed by atoms with Crippen molar-refractivity contribution in [2.24, 2.45) is 0 Å². The van der Waals surface area contributed by atoms with Gasteiger partial charge in [0.1, 0.15) is 0 Å². The van der Waals surface area contributed by atoms with Gasteiger partial charge in [0, 0.05) is 11.1 Å². The molecule has 0 aliphatic carbocycles. The molecule has 0 radical (unpaired) electrons. The minimum atomic E-state index is -0.390. The first-order valence-corrected chi connectivity index (χ1v) is 5.10. The summed E-state index contributed by atoms with van der Waals surface area (Å²) in [7, 11) is 0. The quantitative estimate of drug-likeness (QED) is 0.301. The summed E-state index contributed by atoms with van der Waals surface area (Å²) >= 11 is 0. The van der Waals surface area contributed by atoms with Crippen molar-refractivity contribution >= 4 is 35.0 Å². The molecule has 0 aromatic heterocycles. The SMILES string of the molecule is C=C(C)C(=O)OCCCCOC(=O)C(=C)C.[Mg+2].[OH-].[OH-]. The minimum Gasteiger partial charge on any atom is -0.870 e. The number of hydrogen-bond donors (Lipinski definition) is 0. The largest absolute Gasteiger partial charge is 2.00 e. The topological polar surface area (TPSA) is 113 Å². The van der Waals surface area contributed by atoms with E-state index in [4.69, 9.17) is 9.47 Å². The first-order valence-electron chi connectivity index (χ1n) is 5.10. The van der Waals surface area contributed by atoms with Crippen LogP contribution in [0, 0.1) is 0 Å². The number of hydrogen-bond acceptors (Lipinski definition) is 6. The second-order valence-corrected chi connectivity index (χ2v) is 3.54. The Kier molecular flexibility index (Phi) is 21.3. The van der Waals surface area contributed by atoms with Crippen molar-refractivity contribution in [3.63, 3.8) is 0 Å². The average molecular weight is 285 g/mol. The molecule has 0 aliphatic heterocycles. The third-order valence-electron chi connectivity index (χ3n) is 1.70.